The summed E-state index contributed by atoms with van der Waals surface area (Å²) in [5.41, 5.74) is 3.42. The first-order valence-corrected chi connectivity index (χ1v) is 13.3. The highest BCUT2D eigenvalue weighted by molar-refractivity contribution is 7.62. The number of nitro groups is 1. The Balaban J connectivity index is 1.29. The molecule has 6 rings (SSSR count). The number of benzene rings is 4. The number of carbonyl (C=O) groups is 1. The van der Waals surface area contributed by atoms with Crippen LogP contribution in [0.15, 0.2) is 107 Å². The van der Waals surface area contributed by atoms with Crippen molar-refractivity contribution in [1.29, 1.82) is 0 Å². The van der Waals surface area contributed by atoms with Crippen molar-refractivity contribution in [3.05, 3.63) is 119 Å². The van der Waals surface area contributed by atoms with Gasteiger partial charge in [0.25, 0.3) is 5.69 Å². The van der Waals surface area contributed by atoms with E-state index in [-0.39, 0.29) is 15.9 Å². The van der Waals surface area contributed by atoms with Crippen LogP contribution in [0.5, 0.6) is 0 Å². The molecule has 0 fully saturated rings. The van der Waals surface area contributed by atoms with Crippen molar-refractivity contribution < 1.29 is 14.4 Å². The molecular formula is C29H18N6O3S2. The van der Waals surface area contributed by atoms with Crippen LogP contribution in [0.25, 0.3) is 32.9 Å². The Labute approximate surface area is 237 Å². The van der Waals surface area contributed by atoms with E-state index in [0.29, 0.717) is 27.8 Å². The van der Waals surface area contributed by atoms with Crippen LogP contribution >= 0.6 is 11.3 Å². The normalized spacial score (nSPS) is 10.9. The van der Waals surface area contributed by atoms with E-state index in [1.807, 2.05) is 54.6 Å². The second kappa shape index (κ2) is 10.6. The molecule has 9 nitrogen and oxygen atoms in total. The lowest BCUT2D eigenvalue weighted by Crippen LogP contribution is -2.46. The summed E-state index contributed by atoms with van der Waals surface area (Å²) in [7, 11) is 0. The number of carbonyl (C=O) groups excluding carboxylic acids is 1. The summed E-state index contributed by atoms with van der Waals surface area (Å²) in [5, 5.41) is 20.0. The highest BCUT2D eigenvalue weighted by Crippen LogP contribution is 2.28. The minimum atomic E-state index is -0.476. The summed E-state index contributed by atoms with van der Waals surface area (Å²) < 4.78 is 1.52. The second-order valence-electron chi connectivity index (χ2n) is 8.68. The van der Waals surface area contributed by atoms with Crippen LogP contribution < -0.4 is 10.00 Å². The number of nitrogens with one attached hydrogen (secondary N) is 1. The molecule has 11 heteroatoms. The van der Waals surface area contributed by atoms with E-state index in [1.54, 1.807) is 36.4 Å². The Kier molecular flexibility index (Phi) is 6.64. The van der Waals surface area contributed by atoms with Crippen LogP contribution in [-0.4, -0.2) is 25.9 Å². The highest BCUT2D eigenvalue weighted by Gasteiger charge is 2.26. The molecule has 0 radical (unpaired) electrons. The molecule has 0 saturated carbocycles. The third-order valence-electron chi connectivity index (χ3n) is 6.11. The molecule has 0 aliphatic heterocycles. The first-order chi connectivity index (χ1) is 19.5. The minimum Gasteiger partial charge on any atom is -0.402 e. The molecule has 194 valence electrons. The van der Waals surface area contributed by atoms with Gasteiger partial charge in [-0.3, -0.25) is 21.5 Å². The summed E-state index contributed by atoms with van der Waals surface area (Å²) in [4.78, 5) is 33.4. The predicted molar refractivity (Wildman–Crippen MR) is 154 cm³/mol. The maximum atomic E-state index is 13.4. The molecule has 0 aliphatic carbocycles. The van der Waals surface area contributed by atoms with E-state index in [2.05, 4.69) is 10.4 Å². The van der Waals surface area contributed by atoms with Crippen molar-refractivity contribution in [3.63, 3.8) is 0 Å². The number of rotatable bonds is 6. The zero-order chi connectivity index (χ0) is 27.6. The quantitative estimate of drug-likeness (QED) is 0.115. The summed E-state index contributed by atoms with van der Waals surface area (Å²) >= 11 is 6.40. The molecule has 0 unspecified atom stereocenters. The Hall–Kier alpha value is -5.13. The number of non-ortho nitro benzene ring substituents is 1. The molecule has 6 aromatic rings. The Morgan fingerprint density at radius 3 is 2.27 bits per heavy atom. The summed E-state index contributed by atoms with van der Waals surface area (Å²) in [5.74, 6) is 0.881. The fourth-order valence-electron chi connectivity index (χ4n) is 4.16. The molecule has 2 aromatic heterocycles. The van der Waals surface area contributed by atoms with Gasteiger partial charge in [0.15, 0.2) is 5.82 Å². The fourth-order valence-corrected chi connectivity index (χ4v) is 5.23. The molecule has 0 bridgehead atoms. The molecular weight excluding hydrogens is 544 g/mol. The summed E-state index contributed by atoms with van der Waals surface area (Å²) in [6.07, 6.45) is 0. The van der Waals surface area contributed by atoms with Crippen molar-refractivity contribution in [3.8, 4) is 22.0 Å². The van der Waals surface area contributed by atoms with E-state index < -0.39 is 4.92 Å². The molecule has 0 aliphatic rings. The number of fused-ring (bicyclic) bond motifs is 1. The fraction of sp³-hybridized carbons (Fsp3) is 0. The summed E-state index contributed by atoms with van der Waals surface area (Å²) in [6.45, 7) is 0. The van der Waals surface area contributed by atoms with Gasteiger partial charge < -0.3 is 17.9 Å². The van der Waals surface area contributed by atoms with Gasteiger partial charge in [-0.05, 0) is 58.3 Å². The van der Waals surface area contributed by atoms with Crippen molar-refractivity contribution in [2.24, 2.45) is 0 Å². The van der Waals surface area contributed by atoms with Crippen molar-refractivity contribution in [1.82, 2.24) is 15.1 Å². The largest absolute Gasteiger partial charge is 0.449 e. The number of para-hydroxylation sites is 1. The Morgan fingerprint density at radius 1 is 0.850 bits per heavy atom. The monoisotopic (exact) mass is 562 g/mol. The van der Waals surface area contributed by atoms with Gasteiger partial charge in [-0.1, -0.05) is 42.5 Å². The smallest absolute Gasteiger partial charge is 0.402 e. The number of nitro benzene ring substituents is 1. The first kappa shape index (κ1) is 25.2. The van der Waals surface area contributed by atoms with Crippen LogP contribution in [0.4, 0.5) is 17.2 Å². The third kappa shape index (κ3) is 4.98. The van der Waals surface area contributed by atoms with Crippen LogP contribution in [0.3, 0.4) is 0 Å². The molecule has 0 amide bonds. The lowest BCUT2D eigenvalue weighted by molar-refractivity contribution is -0.621. The van der Waals surface area contributed by atoms with E-state index in [1.165, 1.54) is 16.8 Å². The van der Waals surface area contributed by atoms with Crippen LogP contribution in [0.2, 0.25) is 0 Å². The molecule has 0 spiro atoms. The Bertz CT molecular complexity index is 1880. The van der Waals surface area contributed by atoms with Crippen LogP contribution in [-0.2, 0) is 12.6 Å². The predicted octanol–water partition coefficient (Wildman–Crippen LogP) is 5.95. The topological polar surface area (TPSA) is 115 Å². The third-order valence-corrected chi connectivity index (χ3v) is 7.30. The Morgan fingerprint density at radius 2 is 1.55 bits per heavy atom. The maximum absolute atomic E-state index is 13.4. The zero-order valence-corrected chi connectivity index (χ0v) is 22.2. The van der Waals surface area contributed by atoms with Crippen LogP contribution in [0, 0.1) is 10.1 Å². The lowest BCUT2D eigenvalue weighted by atomic mass is 10.1. The standard InChI is InChI=1S/C29H18N6O3S2/c36-27(34-28(40-29(39)33-34)20-12-16-22(17-13-20)35(37)38)19-10-14-21(15-11-19)30-26-23-8-4-5-9-24(23)31-25(32-26)18-6-2-1-3-7-18/h1-17H,(H-,30,31,32,33,36,39). The average Bonchev–Trinajstić information content (AvgIpc) is 3.39. The molecule has 0 saturated heterocycles. The molecule has 0 atom stereocenters. The van der Waals surface area contributed by atoms with Gasteiger partial charge in [0.1, 0.15) is 5.82 Å². The van der Waals surface area contributed by atoms with E-state index >= 15 is 0 Å². The maximum Gasteiger partial charge on any atom is 0.449 e. The van der Waals surface area contributed by atoms with Gasteiger partial charge in [-0.15, -0.1) is 0 Å². The molecule has 2 heterocycles. The number of nitrogens with zero attached hydrogens (tertiary/aromatic N) is 5. The van der Waals surface area contributed by atoms with Gasteiger partial charge in [0.2, 0.25) is 5.01 Å². The van der Waals surface area contributed by atoms with Crippen molar-refractivity contribution >= 4 is 58.0 Å². The number of hydrogen-bond acceptors (Lipinski definition) is 9. The van der Waals surface area contributed by atoms with Crippen molar-refractivity contribution in [2.45, 2.75) is 4.34 Å². The first-order valence-electron chi connectivity index (χ1n) is 12.1. The molecule has 4 aromatic carbocycles. The number of hydrogen-bond donors (Lipinski definition) is 1. The van der Waals surface area contributed by atoms with E-state index in [9.17, 15) is 14.9 Å². The highest BCUT2D eigenvalue weighted by atomic mass is 32.2. The van der Waals surface area contributed by atoms with E-state index in [0.717, 1.165) is 33.5 Å². The zero-order valence-electron chi connectivity index (χ0n) is 20.6. The lowest BCUT2D eigenvalue weighted by Gasteiger charge is -2.11. The summed E-state index contributed by atoms with van der Waals surface area (Å²) in [6, 6.07) is 30.4. The average molecular weight is 563 g/mol. The minimum absolute atomic E-state index is 0.0415. The van der Waals surface area contributed by atoms with Gasteiger partial charge in [0, 0.05) is 38.7 Å². The number of aromatic nitrogens is 4. The van der Waals surface area contributed by atoms with Gasteiger partial charge in [-0.25, -0.2) is 14.8 Å². The molecule has 40 heavy (non-hydrogen) atoms. The molecule has 1 N–H and O–H groups in total. The van der Waals surface area contributed by atoms with Gasteiger partial charge in [0.05, 0.1) is 16.0 Å². The van der Waals surface area contributed by atoms with Gasteiger partial charge >= 0.3 is 5.91 Å². The SMILES string of the molecule is O=C(c1ccc(Nc2nc(-c3ccccc3)nc3ccccc23)cc1)[n+]1nc([S-])sc1-c1ccc([N+](=O)[O-])cc1. The van der Waals surface area contributed by atoms with Gasteiger partial charge in [-0.2, -0.15) is 0 Å². The van der Waals surface area contributed by atoms with Crippen molar-refractivity contribution in [2.75, 3.05) is 5.32 Å². The van der Waals surface area contributed by atoms with Crippen LogP contribution in [0.1, 0.15) is 10.4 Å². The van der Waals surface area contributed by atoms with E-state index in [4.69, 9.17) is 22.6 Å². The second-order valence-corrected chi connectivity index (χ2v) is 10.3. The number of anilines is 2.